The lowest BCUT2D eigenvalue weighted by Crippen LogP contribution is -2.37. The number of nitrogens with zero attached hydrogens (tertiary/aromatic N) is 1. The van der Waals surface area contributed by atoms with E-state index in [1.807, 2.05) is 12.1 Å². The van der Waals surface area contributed by atoms with E-state index >= 15 is 0 Å². The topological polar surface area (TPSA) is 58.4 Å². The molecule has 110 valence electrons. The van der Waals surface area contributed by atoms with Crippen LogP contribution in [0.5, 0.6) is 0 Å². The largest absolute Gasteiger partial charge is 0.297 e. The summed E-state index contributed by atoms with van der Waals surface area (Å²) in [5.41, 5.74) is 4.46. The molecule has 0 spiro atoms. The third-order valence-corrected chi connectivity index (χ3v) is 5.01. The molecule has 1 atom stereocenters. The van der Waals surface area contributed by atoms with Gasteiger partial charge in [0.05, 0.1) is 6.42 Å². The van der Waals surface area contributed by atoms with Gasteiger partial charge in [0.25, 0.3) is 0 Å². The van der Waals surface area contributed by atoms with Gasteiger partial charge in [-0.25, -0.2) is 5.84 Å². The van der Waals surface area contributed by atoms with E-state index in [4.69, 9.17) is 5.84 Å². The zero-order valence-corrected chi connectivity index (χ0v) is 12.8. The first-order chi connectivity index (χ1) is 9.71. The Morgan fingerprint density at radius 2 is 2.10 bits per heavy atom. The van der Waals surface area contributed by atoms with E-state index in [-0.39, 0.29) is 5.91 Å². The molecular formula is C15H23N3OS. The number of benzene rings is 1. The first kappa shape index (κ1) is 15.4. The summed E-state index contributed by atoms with van der Waals surface area (Å²) in [6.45, 7) is 5.61. The van der Waals surface area contributed by atoms with Gasteiger partial charge >= 0.3 is 0 Å². The van der Waals surface area contributed by atoms with Crippen LogP contribution >= 0.6 is 11.8 Å². The van der Waals surface area contributed by atoms with Crippen LogP contribution in [-0.4, -0.2) is 34.9 Å². The van der Waals surface area contributed by atoms with Crippen molar-refractivity contribution in [1.29, 1.82) is 0 Å². The summed E-state index contributed by atoms with van der Waals surface area (Å²) >= 11 is 2.09. The van der Waals surface area contributed by atoms with Crippen LogP contribution in [0, 0.1) is 0 Å². The van der Waals surface area contributed by atoms with E-state index in [1.54, 1.807) is 0 Å². The quantitative estimate of drug-likeness (QED) is 0.491. The molecule has 1 aliphatic heterocycles. The Morgan fingerprint density at radius 3 is 2.75 bits per heavy atom. The summed E-state index contributed by atoms with van der Waals surface area (Å²) in [4.78, 5) is 13.7. The van der Waals surface area contributed by atoms with Crippen molar-refractivity contribution in [1.82, 2.24) is 10.3 Å². The molecule has 1 fully saturated rings. The minimum absolute atomic E-state index is 0.156. The molecule has 0 aliphatic carbocycles. The summed E-state index contributed by atoms with van der Waals surface area (Å²) in [5, 5.41) is 0.774. The molecule has 20 heavy (non-hydrogen) atoms. The van der Waals surface area contributed by atoms with Crippen molar-refractivity contribution < 1.29 is 4.79 Å². The number of hydrogen-bond acceptors (Lipinski definition) is 4. The van der Waals surface area contributed by atoms with Crippen molar-refractivity contribution in [2.45, 2.75) is 31.6 Å². The fourth-order valence-electron chi connectivity index (χ4n) is 2.43. The lowest BCUT2D eigenvalue weighted by Gasteiger charge is -2.31. The molecule has 1 aliphatic rings. The van der Waals surface area contributed by atoms with Crippen LogP contribution in [0.25, 0.3) is 0 Å². The molecule has 0 saturated carbocycles. The van der Waals surface area contributed by atoms with Crippen molar-refractivity contribution >= 4 is 17.7 Å². The van der Waals surface area contributed by atoms with Gasteiger partial charge in [0.1, 0.15) is 0 Å². The summed E-state index contributed by atoms with van der Waals surface area (Å²) in [6, 6.07) is 8.25. The van der Waals surface area contributed by atoms with E-state index in [0.717, 1.165) is 17.4 Å². The summed E-state index contributed by atoms with van der Waals surface area (Å²) in [7, 11) is 0. The zero-order chi connectivity index (χ0) is 14.4. The molecular weight excluding hydrogens is 270 g/mol. The molecule has 0 aromatic heterocycles. The Morgan fingerprint density at radius 1 is 1.40 bits per heavy atom. The van der Waals surface area contributed by atoms with Crippen molar-refractivity contribution in [2.75, 3.05) is 18.8 Å². The average molecular weight is 293 g/mol. The summed E-state index contributed by atoms with van der Waals surface area (Å²) in [5.74, 6) is 6.16. The van der Waals surface area contributed by atoms with Gasteiger partial charge in [0.15, 0.2) is 0 Å². The number of hydrogen-bond donors (Lipinski definition) is 2. The third kappa shape index (κ3) is 4.51. The summed E-state index contributed by atoms with van der Waals surface area (Å²) < 4.78 is 0. The monoisotopic (exact) mass is 293 g/mol. The van der Waals surface area contributed by atoms with E-state index in [9.17, 15) is 4.79 Å². The Hall–Kier alpha value is -1.04. The molecule has 2 rings (SSSR count). The van der Waals surface area contributed by atoms with Crippen molar-refractivity contribution in [3.8, 4) is 0 Å². The van der Waals surface area contributed by atoms with E-state index < -0.39 is 0 Å². The Bertz CT molecular complexity index is 435. The standard InChI is InChI=1S/C15H23N3OS/c1-2-14-11-18(7-8-20-14)10-13-5-3-12(4-6-13)9-15(19)17-16/h3-6,14H,2,7-11,16H2,1H3,(H,17,19). The molecule has 1 aromatic carbocycles. The van der Waals surface area contributed by atoms with Gasteiger partial charge in [0, 0.05) is 30.6 Å². The second kappa shape index (κ2) is 7.67. The van der Waals surface area contributed by atoms with Gasteiger partial charge < -0.3 is 0 Å². The van der Waals surface area contributed by atoms with Gasteiger partial charge in [-0.15, -0.1) is 0 Å². The van der Waals surface area contributed by atoms with Crippen LogP contribution in [0.2, 0.25) is 0 Å². The maximum absolute atomic E-state index is 11.2. The third-order valence-electron chi connectivity index (χ3n) is 3.63. The molecule has 0 bridgehead atoms. The van der Waals surface area contributed by atoms with E-state index in [2.05, 4.69) is 41.1 Å². The lowest BCUT2D eigenvalue weighted by atomic mass is 10.1. The summed E-state index contributed by atoms with van der Waals surface area (Å²) in [6.07, 6.45) is 1.59. The maximum Gasteiger partial charge on any atom is 0.238 e. The highest BCUT2D eigenvalue weighted by molar-refractivity contribution is 8.00. The predicted octanol–water partition coefficient (Wildman–Crippen LogP) is 1.55. The predicted molar refractivity (Wildman–Crippen MR) is 84.3 cm³/mol. The van der Waals surface area contributed by atoms with Crippen LogP contribution in [0.15, 0.2) is 24.3 Å². The van der Waals surface area contributed by atoms with E-state index in [0.29, 0.717) is 6.42 Å². The Labute approximate surface area is 125 Å². The minimum atomic E-state index is -0.156. The molecule has 1 heterocycles. The number of thioether (sulfide) groups is 1. The van der Waals surface area contributed by atoms with Gasteiger partial charge in [0.2, 0.25) is 5.91 Å². The van der Waals surface area contributed by atoms with Gasteiger partial charge in [-0.1, -0.05) is 31.2 Å². The number of hydrazine groups is 1. The molecule has 0 radical (unpaired) electrons. The molecule has 1 amide bonds. The second-order valence-electron chi connectivity index (χ2n) is 5.20. The molecule has 1 saturated heterocycles. The lowest BCUT2D eigenvalue weighted by molar-refractivity contribution is -0.120. The van der Waals surface area contributed by atoms with E-state index in [1.165, 1.54) is 30.8 Å². The number of carbonyl (C=O) groups excluding carboxylic acids is 1. The second-order valence-corrected chi connectivity index (χ2v) is 6.61. The number of nitrogens with one attached hydrogen (secondary N) is 1. The fourth-order valence-corrected chi connectivity index (χ4v) is 3.68. The average Bonchev–Trinajstić information content (AvgIpc) is 2.49. The smallest absolute Gasteiger partial charge is 0.238 e. The first-order valence-corrected chi connectivity index (χ1v) is 8.17. The zero-order valence-electron chi connectivity index (χ0n) is 12.0. The molecule has 1 aromatic rings. The minimum Gasteiger partial charge on any atom is -0.297 e. The normalized spacial score (nSPS) is 19.8. The van der Waals surface area contributed by atoms with Gasteiger partial charge in [-0.3, -0.25) is 15.1 Å². The van der Waals surface area contributed by atoms with Crippen LogP contribution in [0.1, 0.15) is 24.5 Å². The highest BCUT2D eigenvalue weighted by Crippen LogP contribution is 2.22. The molecule has 1 unspecified atom stereocenters. The van der Waals surface area contributed by atoms with Crippen LogP contribution in [-0.2, 0) is 17.8 Å². The fraction of sp³-hybridized carbons (Fsp3) is 0.533. The number of nitrogens with two attached hydrogens (primary N) is 1. The van der Waals surface area contributed by atoms with Crippen LogP contribution < -0.4 is 11.3 Å². The maximum atomic E-state index is 11.2. The molecule has 3 N–H and O–H groups in total. The number of rotatable bonds is 5. The van der Waals surface area contributed by atoms with Crippen molar-refractivity contribution in [3.63, 3.8) is 0 Å². The number of carbonyl (C=O) groups is 1. The van der Waals surface area contributed by atoms with Gasteiger partial charge in [-0.05, 0) is 17.5 Å². The highest BCUT2D eigenvalue weighted by Gasteiger charge is 2.18. The van der Waals surface area contributed by atoms with Crippen LogP contribution in [0.3, 0.4) is 0 Å². The van der Waals surface area contributed by atoms with Crippen molar-refractivity contribution in [3.05, 3.63) is 35.4 Å². The van der Waals surface area contributed by atoms with Crippen LogP contribution in [0.4, 0.5) is 0 Å². The number of amides is 1. The molecule has 5 heteroatoms. The Kier molecular flexibility index (Phi) is 5.88. The molecule has 4 nitrogen and oxygen atoms in total. The van der Waals surface area contributed by atoms with Gasteiger partial charge in [-0.2, -0.15) is 11.8 Å². The highest BCUT2D eigenvalue weighted by atomic mass is 32.2. The van der Waals surface area contributed by atoms with Crippen molar-refractivity contribution in [2.24, 2.45) is 5.84 Å². The first-order valence-electron chi connectivity index (χ1n) is 7.12. The SMILES string of the molecule is CCC1CN(Cc2ccc(CC(=O)NN)cc2)CCS1. The Balaban J connectivity index is 1.88.